The van der Waals surface area contributed by atoms with E-state index in [0.717, 1.165) is 37.4 Å². The molecule has 0 spiro atoms. The minimum absolute atomic E-state index is 0.0315. The average Bonchev–Trinajstić information content (AvgIpc) is 3.12. The Labute approximate surface area is 206 Å². The lowest BCUT2D eigenvalue weighted by Gasteiger charge is -2.31. The van der Waals surface area contributed by atoms with Crippen LogP contribution in [0, 0.1) is 21.8 Å². The van der Waals surface area contributed by atoms with E-state index >= 15 is 0 Å². The van der Waals surface area contributed by atoms with E-state index < -0.39 is 4.92 Å². The number of aromatic nitrogens is 5. The Hall–Kier alpha value is -3.00. The summed E-state index contributed by atoms with van der Waals surface area (Å²) in [6, 6.07) is 8.04. The summed E-state index contributed by atoms with van der Waals surface area (Å²) in [5.74, 6) is 1.16. The maximum atomic E-state index is 10.9. The zero-order valence-electron chi connectivity index (χ0n) is 18.9. The normalized spacial score (nSPS) is 15.2. The number of hydrogen-bond acceptors (Lipinski definition) is 10. The van der Waals surface area contributed by atoms with Crippen molar-refractivity contribution in [1.82, 2.24) is 34.2 Å². The van der Waals surface area contributed by atoms with E-state index in [4.69, 9.17) is 17.3 Å². The van der Waals surface area contributed by atoms with Crippen molar-refractivity contribution in [3.05, 3.63) is 68.5 Å². The first-order valence-electron chi connectivity index (χ1n) is 10.7. The molecule has 0 N–H and O–H groups in total. The zero-order valence-corrected chi connectivity index (χ0v) is 20.6. The summed E-state index contributed by atoms with van der Waals surface area (Å²) in [7, 11) is 2.12. The highest BCUT2D eigenvalue weighted by Crippen LogP contribution is 2.19. The van der Waals surface area contributed by atoms with Crippen molar-refractivity contribution in [2.24, 2.45) is 5.10 Å². The van der Waals surface area contributed by atoms with Gasteiger partial charge in [0.05, 0.1) is 23.6 Å². The van der Waals surface area contributed by atoms with Crippen molar-refractivity contribution in [1.29, 1.82) is 0 Å². The molecule has 1 aliphatic rings. The van der Waals surface area contributed by atoms with Crippen LogP contribution in [-0.4, -0.2) is 78.6 Å². The van der Waals surface area contributed by atoms with E-state index in [-0.39, 0.29) is 5.69 Å². The largest absolute Gasteiger partial charge is 0.304 e. The number of rotatable bonds is 8. The maximum Gasteiger partial charge on any atom is 0.269 e. The Bertz CT molecular complexity index is 1230. The van der Waals surface area contributed by atoms with Crippen molar-refractivity contribution in [2.75, 3.05) is 33.2 Å². The molecule has 2 aromatic heterocycles. The molecule has 1 aromatic carbocycles. The van der Waals surface area contributed by atoms with Gasteiger partial charge in [-0.3, -0.25) is 15.0 Å². The van der Waals surface area contributed by atoms with Crippen molar-refractivity contribution in [3.8, 4) is 0 Å². The summed E-state index contributed by atoms with van der Waals surface area (Å²) in [5, 5.41) is 20.9. The Morgan fingerprint density at radius 2 is 1.94 bits per heavy atom. The number of nitro benzene ring substituents is 1. The first-order valence-corrected chi connectivity index (χ1v) is 12.1. The molecule has 3 heterocycles. The summed E-state index contributed by atoms with van der Waals surface area (Å²) in [6.07, 6.45) is 3.36. The first-order chi connectivity index (χ1) is 16.4. The van der Waals surface area contributed by atoms with Crippen LogP contribution in [0.25, 0.3) is 0 Å². The van der Waals surface area contributed by atoms with E-state index in [1.807, 2.05) is 13.0 Å². The van der Waals surface area contributed by atoms with E-state index in [1.165, 1.54) is 23.9 Å². The standard InChI is InChI=1S/C21H25N9O2S2/c1-16-7-8-22-20(24-16)34-14-19-25-28(15-27-11-9-26(2)10-12-27)21(33)29(19)23-13-17-3-5-18(6-4-17)30(31)32/h3-8,13H,9-12,14-15H2,1-2H3/b23-13+. The number of hydrogen-bond donors (Lipinski definition) is 0. The fraction of sp³-hybridized carbons (Fsp3) is 0.381. The lowest BCUT2D eigenvalue weighted by Crippen LogP contribution is -2.45. The Kier molecular flexibility index (Phi) is 7.77. The van der Waals surface area contributed by atoms with Crippen LogP contribution in [0.3, 0.4) is 0 Å². The van der Waals surface area contributed by atoms with E-state index in [2.05, 4.69) is 31.9 Å². The van der Waals surface area contributed by atoms with Gasteiger partial charge in [0.15, 0.2) is 11.0 Å². The number of benzene rings is 1. The summed E-state index contributed by atoms with van der Waals surface area (Å²) in [6.45, 7) is 6.40. The molecule has 0 aliphatic carbocycles. The molecule has 1 saturated heterocycles. The number of thioether (sulfide) groups is 1. The second-order valence-electron chi connectivity index (χ2n) is 7.94. The highest BCUT2D eigenvalue weighted by atomic mass is 32.2. The van der Waals surface area contributed by atoms with Gasteiger partial charge in [0.25, 0.3) is 5.69 Å². The van der Waals surface area contributed by atoms with Gasteiger partial charge in [-0.25, -0.2) is 14.6 Å². The Balaban J connectivity index is 1.58. The number of non-ortho nitro benzene ring substituents is 1. The van der Waals surface area contributed by atoms with Gasteiger partial charge in [-0.1, -0.05) is 11.8 Å². The summed E-state index contributed by atoms with van der Waals surface area (Å²) in [5.41, 5.74) is 1.65. The molecular formula is C21H25N9O2S2. The molecule has 0 radical (unpaired) electrons. The smallest absolute Gasteiger partial charge is 0.269 e. The summed E-state index contributed by atoms with van der Waals surface area (Å²) >= 11 is 7.17. The highest BCUT2D eigenvalue weighted by Gasteiger charge is 2.17. The molecule has 178 valence electrons. The van der Waals surface area contributed by atoms with E-state index in [9.17, 15) is 10.1 Å². The van der Waals surface area contributed by atoms with Crippen molar-refractivity contribution >= 4 is 35.9 Å². The van der Waals surface area contributed by atoms with Crippen molar-refractivity contribution < 1.29 is 4.92 Å². The monoisotopic (exact) mass is 499 g/mol. The number of piperazine rings is 1. The summed E-state index contributed by atoms with van der Waals surface area (Å²) in [4.78, 5) is 23.8. The van der Waals surface area contributed by atoms with Gasteiger partial charge in [-0.2, -0.15) is 14.9 Å². The van der Waals surface area contributed by atoms with Gasteiger partial charge < -0.3 is 4.90 Å². The molecule has 4 rings (SSSR count). The molecule has 0 unspecified atom stereocenters. The van der Waals surface area contributed by atoms with Crippen LogP contribution in [0.1, 0.15) is 17.1 Å². The summed E-state index contributed by atoms with van der Waals surface area (Å²) < 4.78 is 3.91. The Morgan fingerprint density at radius 1 is 1.21 bits per heavy atom. The quantitative estimate of drug-likeness (QED) is 0.115. The van der Waals surface area contributed by atoms with Crippen LogP contribution in [0.5, 0.6) is 0 Å². The molecule has 13 heteroatoms. The fourth-order valence-electron chi connectivity index (χ4n) is 3.35. The average molecular weight is 500 g/mol. The third kappa shape index (κ3) is 6.11. The van der Waals surface area contributed by atoms with Gasteiger partial charge >= 0.3 is 0 Å². The fourth-order valence-corrected chi connectivity index (χ4v) is 4.39. The molecule has 0 saturated carbocycles. The number of likely N-dealkylation sites (N-methyl/N-ethyl adjacent to an activating group) is 1. The van der Waals surface area contributed by atoms with Crippen LogP contribution in [0.4, 0.5) is 5.69 Å². The molecule has 11 nitrogen and oxygen atoms in total. The second kappa shape index (κ2) is 11.0. The second-order valence-corrected chi connectivity index (χ2v) is 9.24. The van der Waals surface area contributed by atoms with Gasteiger partial charge in [0.1, 0.15) is 0 Å². The van der Waals surface area contributed by atoms with Gasteiger partial charge in [-0.15, -0.1) is 0 Å². The maximum absolute atomic E-state index is 10.9. The van der Waals surface area contributed by atoms with Crippen molar-refractivity contribution in [2.45, 2.75) is 24.5 Å². The van der Waals surface area contributed by atoms with E-state index in [0.29, 0.717) is 28.2 Å². The van der Waals surface area contributed by atoms with E-state index in [1.54, 1.807) is 33.9 Å². The highest BCUT2D eigenvalue weighted by molar-refractivity contribution is 7.98. The van der Waals surface area contributed by atoms with Gasteiger partial charge in [0.2, 0.25) is 4.77 Å². The molecule has 0 bridgehead atoms. The molecule has 0 atom stereocenters. The Morgan fingerprint density at radius 3 is 2.62 bits per heavy atom. The number of aryl methyl sites for hydroxylation is 1. The predicted octanol–water partition coefficient (Wildman–Crippen LogP) is 2.80. The molecule has 1 aliphatic heterocycles. The lowest BCUT2D eigenvalue weighted by atomic mass is 10.2. The molecule has 34 heavy (non-hydrogen) atoms. The molecule has 3 aromatic rings. The molecule has 0 amide bonds. The topological polar surface area (TPSA) is 111 Å². The number of nitrogens with zero attached hydrogens (tertiary/aromatic N) is 9. The predicted molar refractivity (Wildman–Crippen MR) is 133 cm³/mol. The van der Waals surface area contributed by atoms with Crippen LogP contribution >= 0.6 is 24.0 Å². The number of nitro groups is 1. The van der Waals surface area contributed by atoms with Gasteiger partial charge in [-0.05, 0) is 50.0 Å². The molecule has 1 fully saturated rings. The third-order valence-electron chi connectivity index (χ3n) is 5.34. The minimum atomic E-state index is -0.428. The van der Waals surface area contributed by atoms with Crippen LogP contribution in [0.15, 0.2) is 46.8 Å². The van der Waals surface area contributed by atoms with Crippen LogP contribution in [0.2, 0.25) is 0 Å². The zero-order chi connectivity index (χ0) is 24.1. The SMILES string of the molecule is Cc1ccnc(SCc2nn(CN3CCN(C)CC3)c(=S)n2/N=C/c2ccc([N+](=O)[O-])cc2)n1. The van der Waals surface area contributed by atoms with Gasteiger partial charge in [0, 0.05) is 50.2 Å². The van der Waals surface area contributed by atoms with Crippen molar-refractivity contribution in [3.63, 3.8) is 0 Å². The molecular weight excluding hydrogens is 474 g/mol. The van der Waals surface area contributed by atoms with Crippen LogP contribution in [-0.2, 0) is 12.4 Å². The third-order valence-corrected chi connectivity index (χ3v) is 6.58. The first kappa shape index (κ1) is 24.1. The van der Waals surface area contributed by atoms with Crippen LogP contribution < -0.4 is 0 Å². The minimum Gasteiger partial charge on any atom is -0.304 e. The lowest BCUT2D eigenvalue weighted by molar-refractivity contribution is -0.384.